The Hall–Kier alpha value is -6.23. The van der Waals surface area contributed by atoms with Crippen molar-refractivity contribution in [1.29, 1.82) is 0 Å². The van der Waals surface area contributed by atoms with Crippen LogP contribution in [0.2, 0.25) is 0 Å². The second-order valence-corrected chi connectivity index (χ2v) is 15.5. The Balaban J connectivity index is 1.18. The number of rotatable bonds is 3. The largest absolute Gasteiger partial charge is 0.368 e. The Bertz CT molecular complexity index is 3170. The van der Waals surface area contributed by atoms with Gasteiger partial charge in [-0.15, -0.1) is 0 Å². The van der Waals surface area contributed by atoms with Gasteiger partial charge < -0.3 is 14.5 Å². The van der Waals surface area contributed by atoms with Crippen molar-refractivity contribution in [2.45, 2.75) is 23.1 Å². The first-order valence-electron chi connectivity index (χ1n) is 18.5. The summed E-state index contributed by atoms with van der Waals surface area (Å²) in [7, 11) is 0. The maximum absolute atomic E-state index is 3.91. The van der Waals surface area contributed by atoms with Crippen LogP contribution in [0, 0.1) is 0 Å². The van der Waals surface area contributed by atoms with Crippen molar-refractivity contribution >= 4 is 88.7 Å². The summed E-state index contributed by atoms with van der Waals surface area (Å²) in [6.07, 6.45) is 6.85. The molecule has 0 fully saturated rings. The van der Waals surface area contributed by atoms with Crippen molar-refractivity contribution in [1.82, 2.24) is 9.13 Å². The van der Waals surface area contributed by atoms with Crippen LogP contribution in [0.1, 0.15) is 28.5 Å². The molecule has 0 saturated heterocycles. The van der Waals surface area contributed by atoms with Crippen molar-refractivity contribution < 1.29 is 0 Å². The number of allylic oxidation sites excluding steroid dienone is 1. The van der Waals surface area contributed by atoms with Gasteiger partial charge in [0.05, 0.1) is 27.8 Å². The van der Waals surface area contributed by atoms with Gasteiger partial charge in [-0.05, 0) is 88.2 Å². The summed E-state index contributed by atoms with van der Waals surface area (Å²) in [5.74, 6) is 0. The molecule has 3 nitrogen and oxygen atoms in total. The number of aryl methyl sites for hydroxylation is 1. The van der Waals surface area contributed by atoms with Gasteiger partial charge in [0, 0.05) is 43.2 Å². The smallest absolute Gasteiger partial charge is 0.103 e. The van der Waals surface area contributed by atoms with Crippen LogP contribution < -0.4 is 5.32 Å². The van der Waals surface area contributed by atoms with E-state index in [1.807, 2.05) is 11.8 Å². The van der Waals surface area contributed by atoms with Crippen LogP contribution in [0.3, 0.4) is 0 Å². The molecule has 10 aromatic rings. The van der Waals surface area contributed by atoms with Crippen molar-refractivity contribution in [3.63, 3.8) is 0 Å². The third-order valence-electron chi connectivity index (χ3n) is 11.6. The third kappa shape index (κ3) is 4.13. The molecule has 53 heavy (non-hydrogen) atoms. The molecule has 1 unspecified atom stereocenters. The minimum atomic E-state index is 0.197. The number of nitrogens with zero attached hydrogens (tertiary/aromatic N) is 2. The van der Waals surface area contributed by atoms with Gasteiger partial charge in [-0.3, -0.25) is 0 Å². The van der Waals surface area contributed by atoms with Crippen LogP contribution in [0.25, 0.3) is 82.6 Å². The number of aromatic nitrogens is 2. The van der Waals surface area contributed by atoms with Gasteiger partial charge in [-0.25, -0.2) is 0 Å². The number of para-hydroxylation sites is 3. The first-order valence-corrected chi connectivity index (χ1v) is 19.4. The number of benzene rings is 8. The second-order valence-electron chi connectivity index (χ2n) is 14.4. The lowest BCUT2D eigenvalue weighted by Gasteiger charge is -2.18. The van der Waals surface area contributed by atoms with E-state index in [-0.39, 0.29) is 5.37 Å². The highest BCUT2D eigenvalue weighted by Gasteiger charge is 2.28. The maximum atomic E-state index is 3.91. The number of anilines is 1. The highest BCUT2D eigenvalue weighted by molar-refractivity contribution is 8.00. The second kappa shape index (κ2) is 11.1. The summed E-state index contributed by atoms with van der Waals surface area (Å²) < 4.78 is 5.07. The molecule has 1 aliphatic carbocycles. The van der Waals surface area contributed by atoms with Crippen LogP contribution in [0.4, 0.5) is 5.69 Å². The monoisotopic (exact) mass is 695 g/mol. The third-order valence-corrected chi connectivity index (χ3v) is 12.8. The van der Waals surface area contributed by atoms with E-state index in [4.69, 9.17) is 0 Å². The lowest BCUT2D eigenvalue weighted by molar-refractivity contribution is 1.00. The maximum Gasteiger partial charge on any atom is 0.103 e. The number of nitrogens with one attached hydrogen (secondary N) is 1. The number of thioether (sulfide) groups is 1. The number of fused-ring (bicyclic) bond motifs is 15. The van der Waals surface area contributed by atoms with E-state index in [0.29, 0.717) is 0 Å². The van der Waals surface area contributed by atoms with Crippen molar-refractivity contribution in [3.05, 3.63) is 174 Å². The summed E-state index contributed by atoms with van der Waals surface area (Å²) in [5.41, 5.74) is 12.7. The molecule has 8 aromatic carbocycles. The summed E-state index contributed by atoms with van der Waals surface area (Å²) in [6.45, 7) is 0. The molecule has 4 heteroatoms. The Morgan fingerprint density at radius 2 is 1.21 bits per heavy atom. The molecule has 0 spiro atoms. The highest BCUT2D eigenvalue weighted by Crippen LogP contribution is 2.51. The van der Waals surface area contributed by atoms with E-state index < -0.39 is 0 Å². The zero-order valence-electron chi connectivity index (χ0n) is 28.9. The van der Waals surface area contributed by atoms with E-state index >= 15 is 0 Å². The molecular weight excluding hydrogens is 663 g/mol. The summed E-state index contributed by atoms with van der Waals surface area (Å²) in [4.78, 5) is 1.30. The molecule has 1 N–H and O–H groups in total. The van der Waals surface area contributed by atoms with Gasteiger partial charge in [-0.2, -0.15) is 0 Å². The lowest BCUT2D eigenvalue weighted by atomic mass is 9.89. The fraction of sp³-hybridized carbons (Fsp3) is 0.0612. The van der Waals surface area contributed by atoms with Gasteiger partial charge in [0.1, 0.15) is 5.37 Å². The minimum Gasteiger partial charge on any atom is -0.368 e. The molecule has 3 heterocycles. The fourth-order valence-electron chi connectivity index (χ4n) is 9.35. The number of hydrogen-bond donors (Lipinski definition) is 1. The molecule has 0 saturated carbocycles. The summed E-state index contributed by atoms with van der Waals surface area (Å²) in [5, 5.41) is 14.5. The first kappa shape index (κ1) is 29.4. The Morgan fingerprint density at radius 3 is 2.02 bits per heavy atom. The van der Waals surface area contributed by atoms with E-state index in [9.17, 15) is 0 Å². The minimum absolute atomic E-state index is 0.197. The topological polar surface area (TPSA) is 21.9 Å². The Labute approximate surface area is 310 Å². The van der Waals surface area contributed by atoms with Crippen LogP contribution in [-0.4, -0.2) is 9.13 Å². The average molecular weight is 696 g/mol. The molecule has 250 valence electrons. The molecule has 2 aromatic heterocycles. The van der Waals surface area contributed by atoms with E-state index in [1.54, 1.807) is 0 Å². The van der Waals surface area contributed by atoms with Gasteiger partial charge in [0.15, 0.2) is 0 Å². The van der Waals surface area contributed by atoms with Gasteiger partial charge in [-0.1, -0.05) is 133 Å². The molecular formula is C49H33N3S. The van der Waals surface area contributed by atoms with Crippen LogP contribution in [-0.2, 0) is 6.42 Å². The van der Waals surface area contributed by atoms with Gasteiger partial charge >= 0.3 is 0 Å². The first-order chi connectivity index (χ1) is 26.3. The quantitative estimate of drug-likeness (QED) is 0.186. The molecule has 0 amide bonds. The standard InChI is InChI=1S/C49H33N3S/c1-3-13-31(14-4-1)49-50-46-42(53-49)28-25-30-23-24-32-29-34(26-27-35(32)43(30)46)52-41-22-12-10-20-39(41)45-37-18-8-7-17-36(37)44-38-19-9-11-21-40(38)51(47(44)48(45)52)33-15-5-2-6-16-33/h1-6,8-16,18-29,49-50H,7,17H2. The molecule has 1 aliphatic heterocycles. The lowest BCUT2D eigenvalue weighted by Crippen LogP contribution is -2.02. The van der Waals surface area contributed by atoms with Crippen LogP contribution in [0.15, 0.2) is 163 Å². The number of hydrogen-bond acceptors (Lipinski definition) is 2. The normalized spacial score (nSPS) is 15.2. The van der Waals surface area contributed by atoms with Gasteiger partial charge in [0.25, 0.3) is 0 Å². The zero-order chi connectivity index (χ0) is 34.6. The van der Waals surface area contributed by atoms with E-state index in [1.165, 1.54) is 104 Å². The van der Waals surface area contributed by atoms with E-state index in [0.717, 1.165) is 12.8 Å². The molecule has 12 rings (SSSR count). The average Bonchev–Trinajstić information content (AvgIpc) is 3.92. The summed E-state index contributed by atoms with van der Waals surface area (Å²) in [6, 6.07) is 56.0. The molecule has 0 bridgehead atoms. The molecule has 1 atom stereocenters. The molecule has 2 aliphatic rings. The van der Waals surface area contributed by atoms with Crippen LogP contribution in [0.5, 0.6) is 0 Å². The summed E-state index contributed by atoms with van der Waals surface area (Å²) >= 11 is 1.91. The Kier molecular flexibility index (Phi) is 6.17. The Morgan fingerprint density at radius 1 is 0.547 bits per heavy atom. The van der Waals surface area contributed by atoms with Crippen LogP contribution >= 0.6 is 11.8 Å². The van der Waals surface area contributed by atoms with Crippen molar-refractivity contribution in [3.8, 4) is 11.4 Å². The fourth-order valence-corrected chi connectivity index (χ4v) is 10.5. The van der Waals surface area contributed by atoms with E-state index in [2.05, 4.69) is 178 Å². The molecule has 0 radical (unpaired) electrons. The SMILES string of the molecule is C1=Cc2c(c3c4ccccc4n(-c4ccccc4)c3c3c2c2ccccc2n3-c2ccc3c(ccc4ccc5c(c43)NC(c3ccccc3)S5)c2)CC1. The van der Waals surface area contributed by atoms with Crippen molar-refractivity contribution in [2.24, 2.45) is 0 Å². The highest BCUT2D eigenvalue weighted by atomic mass is 32.2. The van der Waals surface area contributed by atoms with Crippen molar-refractivity contribution in [2.75, 3.05) is 5.32 Å². The zero-order valence-corrected chi connectivity index (χ0v) is 29.7. The predicted octanol–water partition coefficient (Wildman–Crippen LogP) is 13.4. The van der Waals surface area contributed by atoms with Gasteiger partial charge in [0.2, 0.25) is 0 Å². The predicted molar refractivity (Wildman–Crippen MR) is 226 cm³/mol.